The van der Waals surface area contributed by atoms with E-state index in [4.69, 9.17) is 0 Å². The van der Waals surface area contributed by atoms with Gasteiger partial charge in [-0.1, -0.05) is 13.8 Å². The van der Waals surface area contributed by atoms with Crippen LogP contribution < -0.4 is 10.6 Å². The molecule has 1 rings (SSSR count). The van der Waals surface area contributed by atoms with Gasteiger partial charge in [-0.3, -0.25) is 4.99 Å². The molecule has 0 saturated heterocycles. The van der Waals surface area contributed by atoms with Gasteiger partial charge in [0.25, 0.3) is 0 Å². The van der Waals surface area contributed by atoms with Crippen LogP contribution in [0.4, 0.5) is 0 Å². The van der Waals surface area contributed by atoms with E-state index in [0.717, 1.165) is 10.7 Å². The zero-order valence-electron chi connectivity index (χ0n) is 14.1. The molecule has 0 bridgehead atoms. The van der Waals surface area contributed by atoms with E-state index < -0.39 is 14.6 Å². The lowest BCUT2D eigenvalue weighted by atomic mass is 10.2. The zero-order chi connectivity index (χ0) is 17.0. The van der Waals surface area contributed by atoms with Crippen LogP contribution in [0.3, 0.4) is 0 Å². The summed E-state index contributed by atoms with van der Waals surface area (Å²) in [5.74, 6) is 0.982. The second-order valence-corrected chi connectivity index (χ2v) is 9.72. The molecule has 1 aromatic rings. The summed E-state index contributed by atoms with van der Waals surface area (Å²) in [6, 6.07) is 0. The van der Waals surface area contributed by atoms with Gasteiger partial charge < -0.3 is 10.6 Å². The highest BCUT2D eigenvalue weighted by molar-refractivity contribution is 7.92. The summed E-state index contributed by atoms with van der Waals surface area (Å²) in [5, 5.41) is 9.25. The minimum absolute atomic E-state index is 0.292. The normalized spacial score (nSPS) is 13.5. The van der Waals surface area contributed by atoms with Gasteiger partial charge in [0.15, 0.2) is 15.8 Å². The van der Waals surface area contributed by atoms with Crippen molar-refractivity contribution in [2.45, 2.75) is 44.9 Å². The van der Waals surface area contributed by atoms with E-state index in [2.05, 4.69) is 39.8 Å². The first kappa shape index (κ1) is 18.9. The van der Waals surface area contributed by atoms with Gasteiger partial charge >= 0.3 is 0 Å². The fraction of sp³-hybridized carbons (Fsp3) is 0.714. The monoisotopic (exact) mass is 346 g/mol. The second kappa shape index (κ2) is 7.41. The molecule has 0 aliphatic carbocycles. The van der Waals surface area contributed by atoms with E-state index in [1.165, 1.54) is 6.26 Å². The average molecular weight is 347 g/mol. The highest BCUT2D eigenvalue weighted by Crippen LogP contribution is 2.17. The summed E-state index contributed by atoms with van der Waals surface area (Å²) in [5.41, 5.74) is 1.09. The Labute approximate surface area is 137 Å². The number of hydrogen-bond donors (Lipinski definition) is 2. The Balaban J connectivity index is 2.56. The topological polar surface area (TPSA) is 83.4 Å². The summed E-state index contributed by atoms with van der Waals surface area (Å²) in [7, 11) is -1.48. The molecule has 22 heavy (non-hydrogen) atoms. The van der Waals surface area contributed by atoms with Crippen molar-refractivity contribution in [1.82, 2.24) is 15.6 Å². The van der Waals surface area contributed by atoms with Gasteiger partial charge in [0.1, 0.15) is 5.01 Å². The molecule has 6 nitrogen and oxygen atoms in total. The van der Waals surface area contributed by atoms with E-state index in [0.29, 0.717) is 25.0 Å². The molecule has 2 N–H and O–H groups in total. The van der Waals surface area contributed by atoms with E-state index in [9.17, 15) is 8.42 Å². The predicted molar refractivity (Wildman–Crippen MR) is 93.3 cm³/mol. The van der Waals surface area contributed by atoms with Crippen molar-refractivity contribution in [3.8, 4) is 0 Å². The molecule has 0 unspecified atom stereocenters. The molecule has 0 radical (unpaired) electrons. The number of aromatic nitrogens is 1. The molecule has 0 aromatic carbocycles. The van der Waals surface area contributed by atoms with Crippen molar-refractivity contribution in [3.63, 3.8) is 0 Å². The Morgan fingerprint density at radius 1 is 1.41 bits per heavy atom. The van der Waals surface area contributed by atoms with Crippen LogP contribution in [0.15, 0.2) is 10.4 Å². The van der Waals surface area contributed by atoms with Crippen molar-refractivity contribution in [2.24, 2.45) is 4.99 Å². The molecule has 8 heteroatoms. The number of thiazole rings is 1. The van der Waals surface area contributed by atoms with Crippen LogP contribution in [0.5, 0.6) is 0 Å². The summed E-state index contributed by atoms with van der Waals surface area (Å²) in [4.78, 5) is 8.65. The van der Waals surface area contributed by atoms with Gasteiger partial charge in [0.2, 0.25) is 0 Å². The van der Waals surface area contributed by atoms with Crippen LogP contribution in [0.25, 0.3) is 0 Å². The van der Waals surface area contributed by atoms with Crippen LogP contribution >= 0.6 is 11.3 Å². The molecule has 0 fully saturated rings. The zero-order valence-corrected chi connectivity index (χ0v) is 15.7. The van der Waals surface area contributed by atoms with Gasteiger partial charge in [0, 0.05) is 25.2 Å². The molecule has 0 amide bonds. The van der Waals surface area contributed by atoms with Gasteiger partial charge in [0.05, 0.1) is 17.0 Å². The lowest BCUT2D eigenvalue weighted by Crippen LogP contribution is -2.47. The average Bonchev–Trinajstić information content (AvgIpc) is 2.86. The molecular formula is C14H26N4O2S2. The van der Waals surface area contributed by atoms with E-state index in [1.807, 2.05) is 0 Å². The first-order valence-corrected chi connectivity index (χ1v) is 9.92. The molecule has 1 aromatic heterocycles. The van der Waals surface area contributed by atoms with Crippen LogP contribution in [-0.4, -0.2) is 44.0 Å². The minimum atomic E-state index is -3.14. The first-order valence-electron chi connectivity index (χ1n) is 7.15. The van der Waals surface area contributed by atoms with E-state index >= 15 is 0 Å². The smallest absolute Gasteiger partial charge is 0.191 e. The van der Waals surface area contributed by atoms with Crippen LogP contribution in [0, 0.1) is 0 Å². The predicted octanol–water partition coefficient (Wildman–Crippen LogP) is 1.75. The first-order chi connectivity index (χ1) is 10.1. The van der Waals surface area contributed by atoms with Crippen molar-refractivity contribution in [1.29, 1.82) is 0 Å². The molecule has 126 valence electrons. The van der Waals surface area contributed by atoms with Crippen molar-refractivity contribution < 1.29 is 8.42 Å². The fourth-order valence-corrected chi connectivity index (χ4v) is 2.71. The van der Waals surface area contributed by atoms with Gasteiger partial charge in [-0.05, 0) is 19.8 Å². The Morgan fingerprint density at radius 3 is 2.50 bits per heavy atom. The maximum absolute atomic E-state index is 11.7. The second-order valence-electron chi connectivity index (χ2n) is 6.13. The summed E-state index contributed by atoms with van der Waals surface area (Å²) in [6.07, 6.45) is 1.24. The molecule has 0 saturated carbocycles. The number of hydrogen-bond acceptors (Lipinski definition) is 5. The largest absolute Gasteiger partial charge is 0.355 e. The molecule has 0 atom stereocenters. The fourth-order valence-electron chi connectivity index (χ4n) is 1.48. The van der Waals surface area contributed by atoms with Crippen molar-refractivity contribution >= 4 is 27.1 Å². The molecule has 1 heterocycles. The maximum atomic E-state index is 11.7. The Morgan fingerprint density at radius 2 is 2.05 bits per heavy atom. The maximum Gasteiger partial charge on any atom is 0.191 e. The Bertz CT molecular complexity index is 619. The number of sulfone groups is 1. The summed E-state index contributed by atoms with van der Waals surface area (Å²) in [6.45, 7) is 8.47. The van der Waals surface area contributed by atoms with Crippen LogP contribution in [0.2, 0.25) is 0 Å². The number of rotatable bonds is 6. The number of guanidine groups is 1. The highest BCUT2D eigenvalue weighted by atomic mass is 32.2. The van der Waals surface area contributed by atoms with E-state index in [1.54, 1.807) is 32.2 Å². The van der Waals surface area contributed by atoms with Gasteiger partial charge in [-0.15, -0.1) is 11.3 Å². The summed E-state index contributed by atoms with van der Waals surface area (Å²) < 4.78 is 22.5. The standard InChI is InChI=1S/C14H26N4O2S2/c1-10(2)11-8-21-12(18-11)7-16-13(15-5)17-9-14(3,4)22(6,19)20/h8,10H,7,9H2,1-6H3,(H2,15,16,17). The third-order valence-electron chi connectivity index (χ3n) is 3.48. The van der Waals surface area contributed by atoms with Crippen LogP contribution in [-0.2, 0) is 16.4 Å². The molecule has 0 aliphatic heterocycles. The SMILES string of the molecule is CN=C(NCc1nc(C(C)C)cs1)NCC(C)(C)S(C)(=O)=O. The number of nitrogens with one attached hydrogen (secondary N) is 2. The summed E-state index contributed by atoms with van der Waals surface area (Å²) >= 11 is 1.61. The third-order valence-corrected chi connectivity index (χ3v) is 6.50. The molecule has 0 spiro atoms. The number of nitrogens with zero attached hydrogens (tertiary/aromatic N) is 2. The minimum Gasteiger partial charge on any atom is -0.355 e. The van der Waals surface area contributed by atoms with Crippen molar-refractivity contribution in [3.05, 3.63) is 16.1 Å². The lowest BCUT2D eigenvalue weighted by molar-refractivity contribution is 0.544. The Hall–Kier alpha value is -1.15. The Kier molecular flexibility index (Phi) is 6.37. The van der Waals surface area contributed by atoms with E-state index in [-0.39, 0.29) is 0 Å². The third kappa shape index (κ3) is 5.24. The quantitative estimate of drug-likeness (QED) is 0.606. The van der Waals surface area contributed by atoms with Gasteiger partial charge in [-0.2, -0.15) is 0 Å². The van der Waals surface area contributed by atoms with Crippen molar-refractivity contribution in [2.75, 3.05) is 19.8 Å². The number of aliphatic imine (C=N–C) groups is 1. The highest BCUT2D eigenvalue weighted by Gasteiger charge is 2.30. The lowest BCUT2D eigenvalue weighted by Gasteiger charge is -2.24. The molecule has 0 aliphatic rings. The van der Waals surface area contributed by atoms with Gasteiger partial charge in [-0.25, -0.2) is 13.4 Å². The van der Waals surface area contributed by atoms with Crippen LogP contribution in [0.1, 0.15) is 44.3 Å². The molecular weight excluding hydrogens is 320 g/mol.